The number of nitrogens with one attached hydrogen (secondary N) is 1. The van der Waals surface area contributed by atoms with Gasteiger partial charge in [0.1, 0.15) is 0 Å². The second-order valence-corrected chi connectivity index (χ2v) is 4.85. The molecule has 5 nitrogen and oxygen atoms in total. The summed E-state index contributed by atoms with van der Waals surface area (Å²) in [5, 5.41) is 10.1. The van der Waals surface area contributed by atoms with E-state index < -0.39 is 24.0 Å². The summed E-state index contributed by atoms with van der Waals surface area (Å²) in [6, 6.07) is -0.678. The molecule has 7 heteroatoms. The van der Waals surface area contributed by atoms with Crippen molar-refractivity contribution in [3.63, 3.8) is 0 Å². The number of hydrogen-bond acceptors (Lipinski definition) is 4. The Morgan fingerprint density at radius 1 is 1.53 bits per heavy atom. The molecule has 1 rings (SSSR count). The number of methoxy groups -OCH3 is 1. The maximum Gasteiger partial charge on any atom is 0.311 e. The summed E-state index contributed by atoms with van der Waals surface area (Å²) in [5.41, 5.74) is 14.0. The zero-order valence-corrected chi connectivity index (χ0v) is 21.2. The Hall–Kier alpha value is 2.23. The SMILES string of the molecule is CCCCC([NH-])C1C(N)CC(C(=O)OC)C1O.[Ac].[Ac]. The normalized spacial score (nSPS) is 31.0. The number of carbonyl (C=O) groups is 1. The molecule has 4 N–H and O–H groups in total. The van der Waals surface area contributed by atoms with Crippen LogP contribution in [0.1, 0.15) is 32.6 Å². The van der Waals surface area contributed by atoms with Crippen molar-refractivity contribution < 1.29 is 103 Å². The molecule has 0 aromatic rings. The molecule has 5 unspecified atom stereocenters. The minimum absolute atomic E-state index is 0. The molecule has 5 atom stereocenters. The molecule has 2 radical (unpaired) electrons. The fourth-order valence-corrected chi connectivity index (χ4v) is 2.65. The summed E-state index contributed by atoms with van der Waals surface area (Å²) in [6.07, 6.45) is 2.28. The number of ether oxygens (including phenoxy) is 1. The Bertz CT molecular complexity index is 269. The van der Waals surface area contributed by atoms with Gasteiger partial charge in [0.15, 0.2) is 0 Å². The average molecular weight is 697 g/mol. The predicted molar refractivity (Wildman–Crippen MR) is 65.2 cm³/mol. The van der Waals surface area contributed by atoms with E-state index in [2.05, 4.69) is 11.7 Å². The first-order valence-electron chi connectivity index (χ1n) is 6.25. The number of esters is 1. The molecule has 0 aliphatic heterocycles. The van der Waals surface area contributed by atoms with Gasteiger partial charge in [-0.05, 0) is 12.3 Å². The Morgan fingerprint density at radius 3 is 2.58 bits per heavy atom. The third kappa shape index (κ3) is 6.47. The third-order valence-electron chi connectivity index (χ3n) is 3.66. The molecule has 1 aliphatic rings. The van der Waals surface area contributed by atoms with Crippen LogP contribution in [0.5, 0.6) is 0 Å². The molecule has 0 heterocycles. The van der Waals surface area contributed by atoms with Crippen molar-refractivity contribution in [2.24, 2.45) is 17.6 Å². The number of aliphatic hydroxyl groups is 1. The molecule has 0 aromatic carbocycles. The van der Waals surface area contributed by atoms with Crippen molar-refractivity contribution >= 4 is 5.97 Å². The molecular weight excluding hydrogens is 674 g/mol. The van der Waals surface area contributed by atoms with Crippen molar-refractivity contribution in [1.82, 2.24) is 0 Å². The van der Waals surface area contributed by atoms with E-state index in [4.69, 9.17) is 11.5 Å². The van der Waals surface area contributed by atoms with Crippen molar-refractivity contribution in [2.45, 2.75) is 50.8 Å². The van der Waals surface area contributed by atoms with Gasteiger partial charge in [-0.25, -0.2) is 0 Å². The molecule has 1 fully saturated rings. The fraction of sp³-hybridized carbons (Fsp3) is 0.917. The quantitative estimate of drug-likeness (QED) is 0.421. The van der Waals surface area contributed by atoms with Gasteiger partial charge in [0, 0.05) is 94.2 Å². The molecule has 1 aliphatic carbocycles. The van der Waals surface area contributed by atoms with Gasteiger partial charge in [-0.1, -0.05) is 26.2 Å². The van der Waals surface area contributed by atoms with Crippen LogP contribution in [0.2, 0.25) is 0 Å². The smallest absolute Gasteiger partial charge is 0.311 e. The molecule has 106 valence electrons. The molecular formula is C12H23Ac2N2O3-. The third-order valence-corrected chi connectivity index (χ3v) is 3.66. The van der Waals surface area contributed by atoms with Crippen LogP contribution in [0.3, 0.4) is 0 Å². The van der Waals surface area contributed by atoms with Gasteiger partial charge >= 0.3 is 5.97 Å². The van der Waals surface area contributed by atoms with Gasteiger partial charge in [0.25, 0.3) is 0 Å². The molecule has 1 saturated carbocycles. The maximum absolute atomic E-state index is 11.5. The van der Waals surface area contributed by atoms with E-state index in [-0.39, 0.29) is 100 Å². The summed E-state index contributed by atoms with van der Waals surface area (Å²) >= 11 is 0. The largest absolute Gasteiger partial charge is 0.674 e. The van der Waals surface area contributed by atoms with Crippen LogP contribution in [-0.2, 0) is 9.53 Å². The average Bonchev–Trinajstić information content (AvgIpc) is 2.61. The van der Waals surface area contributed by atoms with Crippen LogP contribution in [0.15, 0.2) is 0 Å². The van der Waals surface area contributed by atoms with Crippen molar-refractivity contribution in [3.05, 3.63) is 5.73 Å². The molecule has 0 spiro atoms. The first-order valence-corrected chi connectivity index (χ1v) is 6.25. The summed E-state index contributed by atoms with van der Waals surface area (Å²) < 4.78 is 4.65. The Labute approximate surface area is 187 Å². The van der Waals surface area contributed by atoms with Gasteiger partial charge in [-0.2, -0.15) is 0 Å². The predicted octanol–water partition coefficient (Wildman–Crippen LogP) is 1.09. The number of aliphatic hydroxyl groups excluding tert-OH is 1. The Morgan fingerprint density at radius 2 is 2.11 bits per heavy atom. The van der Waals surface area contributed by atoms with E-state index >= 15 is 0 Å². The number of unbranched alkanes of at least 4 members (excludes halogenated alkanes) is 1. The van der Waals surface area contributed by atoms with Gasteiger partial charge in [0.05, 0.1) is 19.1 Å². The monoisotopic (exact) mass is 697 g/mol. The second kappa shape index (κ2) is 11.8. The van der Waals surface area contributed by atoms with E-state index in [9.17, 15) is 9.90 Å². The van der Waals surface area contributed by atoms with Gasteiger partial charge in [-0.15, -0.1) is 6.04 Å². The van der Waals surface area contributed by atoms with Crippen molar-refractivity contribution in [2.75, 3.05) is 7.11 Å². The first kappa shape index (κ1) is 23.5. The van der Waals surface area contributed by atoms with Crippen molar-refractivity contribution in [1.29, 1.82) is 0 Å². The zero-order valence-electron chi connectivity index (χ0n) is 11.7. The Kier molecular flexibility index (Phi) is 14.5. The van der Waals surface area contributed by atoms with E-state index in [0.29, 0.717) is 6.42 Å². The molecule has 0 saturated heterocycles. The Balaban J connectivity index is 0. The van der Waals surface area contributed by atoms with Gasteiger partial charge in [0.2, 0.25) is 0 Å². The number of nitrogens with two attached hydrogens (primary N) is 1. The minimum Gasteiger partial charge on any atom is -0.674 e. The van der Waals surface area contributed by atoms with Crippen LogP contribution in [0, 0.1) is 100.0 Å². The van der Waals surface area contributed by atoms with Gasteiger partial charge in [-0.3, -0.25) is 4.79 Å². The summed E-state index contributed by atoms with van der Waals surface area (Å²) in [4.78, 5) is 11.5. The molecule has 19 heavy (non-hydrogen) atoms. The van der Waals surface area contributed by atoms with Crippen LogP contribution >= 0.6 is 0 Å². The topological polar surface area (TPSA) is 96.4 Å². The molecule has 0 amide bonds. The van der Waals surface area contributed by atoms with E-state index in [0.717, 1.165) is 19.3 Å². The minimum atomic E-state index is -0.836. The standard InChI is InChI=1S/C12H23N2O3.2Ac/c1-3-4-5-8(13)10-9(14)6-7(11(10)15)12(16)17-2;;/h7-11,13,15H,3-6,14H2,1-2H3;;/q-1;;. The number of rotatable bonds is 5. The fourth-order valence-electron chi connectivity index (χ4n) is 2.65. The van der Waals surface area contributed by atoms with Crippen LogP contribution in [-0.4, -0.2) is 36.4 Å². The first-order chi connectivity index (χ1) is 8.02. The summed E-state index contributed by atoms with van der Waals surface area (Å²) in [5.74, 6) is -1.29. The molecule has 0 bridgehead atoms. The van der Waals surface area contributed by atoms with Crippen LogP contribution < -0.4 is 5.73 Å². The maximum atomic E-state index is 11.5. The summed E-state index contributed by atoms with van der Waals surface area (Å²) in [7, 11) is 1.31. The van der Waals surface area contributed by atoms with E-state index in [1.54, 1.807) is 0 Å². The zero-order chi connectivity index (χ0) is 13.0. The number of carbonyl (C=O) groups excluding carboxylic acids is 1. The van der Waals surface area contributed by atoms with Crippen LogP contribution in [0.25, 0.3) is 5.73 Å². The number of hydrogen-bond donors (Lipinski definition) is 2. The van der Waals surface area contributed by atoms with Crippen molar-refractivity contribution in [3.8, 4) is 0 Å². The second-order valence-electron chi connectivity index (χ2n) is 4.85. The van der Waals surface area contributed by atoms with Crippen LogP contribution in [0.4, 0.5) is 0 Å². The molecule has 0 aromatic heterocycles. The van der Waals surface area contributed by atoms with E-state index in [1.807, 2.05) is 0 Å². The van der Waals surface area contributed by atoms with Gasteiger partial charge < -0.3 is 21.3 Å². The van der Waals surface area contributed by atoms with E-state index in [1.165, 1.54) is 7.11 Å². The summed E-state index contributed by atoms with van der Waals surface area (Å²) in [6.45, 7) is 2.06.